The molecule has 0 saturated carbocycles. The van der Waals surface area contributed by atoms with Crippen LogP contribution in [0.3, 0.4) is 0 Å². The molecular weight excluding hydrogens is 258 g/mol. The molecule has 4 nitrogen and oxygen atoms in total. The summed E-state index contributed by atoms with van der Waals surface area (Å²) in [7, 11) is 3.73. The van der Waals surface area contributed by atoms with Gasteiger partial charge < -0.3 is 10.6 Å². The fraction of sp³-hybridized carbons (Fsp3) is 0.429. The lowest BCUT2D eigenvalue weighted by Crippen LogP contribution is -2.36. The van der Waals surface area contributed by atoms with E-state index in [2.05, 4.69) is 0 Å². The SMILES string of the molecule is CCN(C)C(=O)CN(C)Cc1cccc(C(N)=S)c1. The number of thiocarbonyl (C=S) groups is 1. The van der Waals surface area contributed by atoms with Crippen molar-refractivity contribution in [2.75, 3.05) is 27.2 Å². The Labute approximate surface area is 120 Å². The molecule has 2 N–H and O–H groups in total. The second-order valence-electron chi connectivity index (χ2n) is 4.64. The zero-order valence-electron chi connectivity index (χ0n) is 11.7. The van der Waals surface area contributed by atoms with Crippen LogP contribution >= 0.6 is 12.2 Å². The van der Waals surface area contributed by atoms with Gasteiger partial charge in [0, 0.05) is 25.7 Å². The summed E-state index contributed by atoms with van der Waals surface area (Å²) in [4.78, 5) is 15.9. The number of nitrogens with zero attached hydrogens (tertiary/aromatic N) is 2. The molecule has 0 aromatic heterocycles. The standard InChI is InChI=1S/C14H21N3OS/c1-4-17(3)13(18)10-16(2)9-11-6-5-7-12(8-11)14(15)19/h5-8H,4,9-10H2,1-3H3,(H2,15,19). The van der Waals surface area contributed by atoms with E-state index in [0.717, 1.165) is 17.7 Å². The van der Waals surface area contributed by atoms with Gasteiger partial charge in [-0.25, -0.2) is 0 Å². The van der Waals surface area contributed by atoms with Gasteiger partial charge in [0.25, 0.3) is 0 Å². The first-order valence-electron chi connectivity index (χ1n) is 6.25. The average molecular weight is 279 g/mol. The lowest BCUT2D eigenvalue weighted by atomic mass is 10.1. The number of rotatable bonds is 6. The van der Waals surface area contributed by atoms with Crippen molar-refractivity contribution < 1.29 is 4.79 Å². The van der Waals surface area contributed by atoms with Crippen LogP contribution in [-0.4, -0.2) is 47.9 Å². The normalized spacial score (nSPS) is 10.5. The van der Waals surface area contributed by atoms with Gasteiger partial charge in [0.1, 0.15) is 4.99 Å². The van der Waals surface area contributed by atoms with E-state index in [4.69, 9.17) is 18.0 Å². The van der Waals surface area contributed by atoms with Gasteiger partial charge >= 0.3 is 0 Å². The van der Waals surface area contributed by atoms with Gasteiger partial charge in [-0.1, -0.05) is 30.4 Å². The Hall–Kier alpha value is -1.46. The molecular formula is C14H21N3OS. The van der Waals surface area contributed by atoms with Gasteiger partial charge in [-0.05, 0) is 25.6 Å². The highest BCUT2D eigenvalue weighted by Crippen LogP contribution is 2.07. The first kappa shape index (κ1) is 15.6. The predicted octanol–water partition coefficient (Wildman–Crippen LogP) is 1.23. The maximum Gasteiger partial charge on any atom is 0.236 e. The molecule has 0 heterocycles. The fourth-order valence-corrected chi connectivity index (χ4v) is 1.85. The van der Waals surface area contributed by atoms with Gasteiger partial charge in [0.15, 0.2) is 0 Å². The van der Waals surface area contributed by atoms with E-state index in [0.29, 0.717) is 18.1 Å². The summed E-state index contributed by atoms with van der Waals surface area (Å²) in [6.45, 7) is 3.79. The summed E-state index contributed by atoms with van der Waals surface area (Å²) < 4.78 is 0. The van der Waals surface area contributed by atoms with Crippen LogP contribution in [0.1, 0.15) is 18.1 Å². The minimum atomic E-state index is 0.121. The van der Waals surface area contributed by atoms with E-state index >= 15 is 0 Å². The van der Waals surface area contributed by atoms with Crippen molar-refractivity contribution in [3.8, 4) is 0 Å². The van der Waals surface area contributed by atoms with Crippen molar-refractivity contribution in [2.45, 2.75) is 13.5 Å². The molecule has 1 aromatic rings. The maximum atomic E-state index is 11.8. The highest BCUT2D eigenvalue weighted by Gasteiger charge is 2.10. The van der Waals surface area contributed by atoms with Crippen LogP contribution in [0.25, 0.3) is 0 Å². The number of amides is 1. The first-order chi connectivity index (χ1) is 8.93. The number of benzene rings is 1. The first-order valence-corrected chi connectivity index (χ1v) is 6.66. The van der Waals surface area contributed by atoms with Crippen LogP contribution in [0, 0.1) is 0 Å². The highest BCUT2D eigenvalue weighted by molar-refractivity contribution is 7.80. The van der Waals surface area contributed by atoms with Crippen molar-refractivity contribution in [3.05, 3.63) is 35.4 Å². The summed E-state index contributed by atoms with van der Waals surface area (Å²) in [5.74, 6) is 0.121. The van der Waals surface area contributed by atoms with Gasteiger partial charge in [-0.15, -0.1) is 0 Å². The molecule has 0 atom stereocenters. The molecule has 19 heavy (non-hydrogen) atoms. The molecule has 104 valence electrons. The van der Waals surface area contributed by atoms with Crippen molar-refractivity contribution in [2.24, 2.45) is 5.73 Å². The molecule has 0 aliphatic heterocycles. The highest BCUT2D eigenvalue weighted by atomic mass is 32.1. The third kappa shape index (κ3) is 4.96. The third-order valence-corrected chi connectivity index (χ3v) is 3.20. The lowest BCUT2D eigenvalue weighted by molar-refractivity contribution is -0.130. The molecule has 0 radical (unpaired) electrons. The number of hydrogen-bond acceptors (Lipinski definition) is 3. The Morgan fingerprint density at radius 2 is 2.05 bits per heavy atom. The largest absolute Gasteiger partial charge is 0.389 e. The minimum Gasteiger partial charge on any atom is -0.389 e. The van der Waals surface area contributed by atoms with E-state index in [1.807, 2.05) is 50.2 Å². The molecule has 0 spiro atoms. The molecule has 1 rings (SSSR count). The Bertz CT molecular complexity index is 462. The average Bonchev–Trinajstić information content (AvgIpc) is 2.37. The van der Waals surface area contributed by atoms with Crippen LogP contribution in [0.4, 0.5) is 0 Å². The van der Waals surface area contributed by atoms with E-state index < -0.39 is 0 Å². The van der Waals surface area contributed by atoms with Gasteiger partial charge in [0.2, 0.25) is 5.91 Å². The number of nitrogens with two attached hydrogens (primary N) is 1. The predicted molar refractivity (Wildman–Crippen MR) is 82.0 cm³/mol. The molecule has 1 amide bonds. The monoisotopic (exact) mass is 279 g/mol. The Morgan fingerprint density at radius 1 is 1.37 bits per heavy atom. The molecule has 0 saturated heterocycles. The van der Waals surface area contributed by atoms with E-state index in [1.165, 1.54) is 0 Å². The van der Waals surface area contributed by atoms with Crippen LogP contribution < -0.4 is 5.73 Å². The van der Waals surface area contributed by atoms with E-state index in [1.54, 1.807) is 4.90 Å². The quantitative estimate of drug-likeness (QED) is 0.796. The molecule has 0 aliphatic rings. The van der Waals surface area contributed by atoms with Crippen molar-refractivity contribution >= 4 is 23.1 Å². The van der Waals surface area contributed by atoms with Crippen LogP contribution in [0.5, 0.6) is 0 Å². The molecule has 0 fully saturated rings. The van der Waals surface area contributed by atoms with Crippen LogP contribution in [0.2, 0.25) is 0 Å². The summed E-state index contributed by atoms with van der Waals surface area (Å²) in [5.41, 5.74) is 7.57. The van der Waals surface area contributed by atoms with E-state index in [9.17, 15) is 4.79 Å². The van der Waals surface area contributed by atoms with Crippen molar-refractivity contribution in [1.29, 1.82) is 0 Å². The summed E-state index contributed by atoms with van der Waals surface area (Å²) in [6.07, 6.45) is 0. The number of carbonyl (C=O) groups is 1. The van der Waals surface area contributed by atoms with Gasteiger partial charge in [-0.3, -0.25) is 9.69 Å². The molecule has 0 bridgehead atoms. The third-order valence-electron chi connectivity index (χ3n) is 2.97. The van der Waals surface area contributed by atoms with E-state index in [-0.39, 0.29) is 5.91 Å². The van der Waals surface area contributed by atoms with Crippen molar-refractivity contribution in [1.82, 2.24) is 9.80 Å². The molecule has 5 heteroatoms. The molecule has 0 aliphatic carbocycles. The number of carbonyl (C=O) groups excluding carboxylic acids is 1. The van der Waals surface area contributed by atoms with Gasteiger partial charge in [0.05, 0.1) is 6.54 Å². The van der Waals surface area contributed by atoms with Crippen molar-refractivity contribution in [3.63, 3.8) is 0 Å². The summed E-state index contributed by atoms with van der Waals surface area (Å²) >= 11 is 4.96. The minimum absolute atomic E-state index is 0.121. The Morgan fingerprint density at radius 3 is 2.63 bits per heavy atom. The van der Waals surface area contributed by atoms with Crippen LogP contribution in [-0.2, 0) is 11.3 Å². The Balaban J connectivity index is 2.62. The second-order valence-corrected chi connectivity index (χ2v) is 5.08. The smallest absolute Gasteiger partial charge is 0.236 e. The van der Waals surface area contributed by atoms with Gasteiger partial charge in [-0.2, -0.15) is 0 Å². The van der Waals surface area contributed by atoms with Crippen LogP contribution in [0.15, 0.2) is 24.3 Å². The molecule has 1 aromatic carbocycles. The lowest BCUT2D eigenvalue weighted by Gasteiger charge is -2.21. The zero-order valence-corrected chi connectivity index (χ0v) is 12.5. The Kier molecular flexibility index (Phi) is 5.92. The topological polar surface area (TPSA) is 49.6 Å². The summed E-state index contributed by atoms with van der Waals surface area (Å²) in [5, 5.41) is 0. The second kappa shape index (κ2) is 7.21. The zero-order chi connectivity index (χ0) is 14.4. The number of hydrogen-bond donors (Lipinski definition) is 1. The number of likely N-dealkylation sites (N-methyl/N-ethyl adjacent to an activating group) is 2. The maximum absolute atomic E-state index is 11.8. The fourth-order valence-electron chi connectivity index (χ4n) is 1.72. The summed E-state index contributed by atoms with van der Waals surface area (Å²) in [6, 6.07) is 7.79. The molecule has 0 unspecified atom stereocenters.